The van der Waals surface area contributed by atoms with Gasteiger partial charge in [0.15, 0.2) is 0 Å². The van der Waals surface area contributed by atoms with Crippen molar-refractivity contribution in [1.29, 1.82) is 0 Å². The van der Waals surface area contributed by atoms with Crippen molar-refractivity contribution in [3.05, 3.63) is 69.8 Å². The molecule has 0 saturated carbocycles. The summed E-state index contributed by atoms with van der Waals surface area (Å²) in [6.07, 6.45) is 6.48. The number of allylic oxidation sites excluding steroid dienone is 1. The van der Waals surface area contributed by atoms with Gasteiger partial charge in [-0.05, 0) is 93.0 Å². The second kappa shape index (κ2) is 8.31. The largest absolute Gasteiger partial charge is 0.358 e. The van der Waals surface area contributed by atoms with Gasteiger partial charge >= 0.3 is 0 Å². The van der Waals surface area contributed by atoms with E-state index in [2.05, 4.69) is 53.4 Å². The van der Waals surface area contributed by atoms with Crippen LogP contribution in [0.5, 0.6) is 0 Å². The van der Waals surface area contributed by atoms with Crippen LogP contribution < -0.4 is 5.32 Å². The average Bonchev–Trinajstić information content (AvgIpc) is 2.95. The molecule has 2 heterocycles. The summed E-state index contributed by atoms with van der Waals surface area (Å²) in [7, 11) is 0. The minimum absolute atomic E-state index is 0.0396. The van der Waals surface area contributed by atoms with E-state index in [0.29, 0.717) is 0 Å². The first-order valence-electron chi connectivity index (χ1n) is 9.83. The lowest BCUT2D eigenvalue weighted by Crippen LogP contribution is -2.43. The third kappa shape index (κ3) is 3.82. The molecule has 2 aromatic rings. The average molecular weight is 433 g/mol. The van der Waals surface area contributed by atoms with E-state index < -0.39 is 0 Å². The number of rotatable bonds is 5. The first-order chi connectivity index (χ1) is 13.5. The van der Waals surface area contributed by atoms with E-state index in [4.69, 9.17) is 23.2 Å². The number of hydrogen-bond acceptors (Lipinski definition) is 3. The fraction of sp³-hybridized carbons (Fsp3) is 0.391. The first kappa shape index (κ1) is 20.2. The zero-order valence-corrected chi connectivity index (χ0v) is 18.6. The molecule has 0 bridgehead atoms. The number of halogens is 2. The van der Waals surface area contributed by atoms with Gasteiger partial charge in [0, 0.05) is 26.7 Å². The molecular formula is C23H26Cl2N2S. The van der Waals surface area contributed by atoms with Gasteiger partial charge in [0.05, 0.1) is 5.02 Å². The number of piperidine rings is 1. The van der Waals surface area contributed by atoms with Crippen LogP contribution in [0.1, 0.15) is 30.4 Å². The molecular weight excluding hydrogens is 407 g/mol. The predicted molar refractivity (Wildman–Crippen MR) is 123 cm³/mol. The lowest BCUT2D eigenvalue weighted by atomic mass is 9.72. The van der Waals surface area contributed by atoms with Crippen LogP contribution in [-0.4, -0.2) is 30.8 Å². The van der Waals surface area contributed by atoms with Gasteiger partial charge in [-0.1, -0.05) is 35.8 Å². The van der Waals surface area contributed by atoms with Crippen molar-refractivity contribution in [1.82, 2.24) is 4.90 Å². The van der Waals surface area contributed by atoms with Crippen LogP contribution in [0, 0.1) is 0 Å². The Hall–Kier alpha value is -1.13. The fourth-order valence-corrected chi connectivity index (χ4v) is 5.63. The fourth-order valence-electron chi connectivity index (χ4n) is 4.57. The maximum Gasteiger partial charge on any atom is 0.0544 e. The van der Waals surface area contributed by atoms with Gasteiger partial charge in [0.1, 0.15) is 0 Å². The number of fused-ring (bicyclic) bond motifs is 2. The van der Waals surface area contributed by atoms with Crippen molar-refractivity contribution in [2.45, 2.75) is 36.0 Å². The standard InChI is InChI=1S/C23H26Cl2N2S/c1-16-23(19-15-18(24)6-7-21(19)26-16)9-12-27(13-10-23)11-3-4-17-5-8-22(28-2)20(25)14-17/h5-8,14-15,26H,1,3-4,9-13H2,2H3. The van der Waals surface area contributed by atoms with E-state index in [0.717, 1.165) is 66.0 Å². The highest BCUT2D eigenvalue weighted by atomic mass is 35.5. The van der Waals surface area contributed by atoms with Gasteiger partial charge in [-0.15, -0.1) is 11.8 Å². The minimum atomic E-state index is 0.0396. The number of thioether (sulfide) groups is 1. The summed E-state index contributed by atoms with van der Waals surface area (Å²) < 4.78 is 0. The summed E-state index contributed by atoms with van der Waals surface area (Å²) in [5, 5.41) is 5.17. The number of hydrogen-bond donors (Lipinski definition) is 1. The second-order valence-electron chi connectivity index (χ2n) is 7.79. The highest BCUT2D eigenvalue weighted by Gasteiger charge is 2.44. The molecule has 0 aromatic heterocycles. The number of likely N-dealkylation sites (tertiary alicyclic amines) is 1. The maximum absolute atomic E-state index is 6.34. The Balaban J connectivity index is 1.33. The van der Waals surface area contributed by atoms with Crippen molar-refractivity contribution in [2.24, 2.45) is 0 Å². The van der Waals surface area contributed by atoms with Crippen molar-refractivity contribution >= 4 is 40.7 Å². The Morgan fingerprint density at radius 3 is 2.64 bits per heavy atom. The monoisotopic (exact) mass is 432 g/mol. The summed E-state index contributed by atoms with van der Waals surface area (Å²) >= 11 is 14.3. The van der Waals surface area contributed by atoms with Crippen LogP contribution in [0.2, 0.25) is 10.0 Å². The maximum atomic E-state index is 6.34. The van der Waals surface area contributed by atoms with Crippen molar-refractivity contribution in [3.63, 3.8) is 0 Å². The Morgan fingerprint density at radius 1 is 1.14 bits per heavy atom. The third-order valence-electron chi connectivity index (χ3n) is 6.23. The molecule has 2 aliphatic rings. The van der Waals surface area contributed by atoms with Gasteiger partial charge in [0.2, 0.25) is 0 Å². The van der Waals surface area contributed by atoms with Crippen molar-refractivity contribution in [3.8, 4) is 0 Å². The zero-order chi connectivity index (χ0) is 19.7. The molecule has 148 valence electrons. The van der Waals surface area contributed by atoms with E-state index in [1.165, 1.54) is 16.8 Å². The van der Waals surface area contributed by atoms with Crippen molar-refractivity contribution < 1.29 is 0 Å². The molecule has 1 saturated heterocycles. The molecule has 2 aliphatic heterocycles. The minimum Gasteiger partial charge on any atom is -0.358 e. The smallest absolute Gasteiger partial charge is 0.0544 e. The van der Waals surface area contributed by atoms with E-state index >= 15 is 0 Å². The topological polar surface area (TPSA) is 15.3 Å². The number of benzene rings is 2. The molecule has 2 aromatic carbocycles. The predicted octanol–water partition coefficient (Wildman–Crippen LogP) is 6.62. The first-order valence-corrected chi connectivity index (χ1v) is 11.8. The quantitative estimate of drug-likeness (QED) is 0.534. The summed E-state index contributed by atoms with van der Waals surface area (Å²) in [4.78, 5) is 3.73. The summed E-state index contributed by atoms with van der Waals surface area (Å²) in [6, 6.07) is 12.6. The van der Waals surface area contributed by atoms with Crippen LogP contribution in [0.15, 0.2) is 53.6 Å². The second-order valence-corrected chi connectivity index (χ2v) is 9.48. The SMILES string of the molecule is C=C1Nc2ccc(Cl)cc2C12CCN(CCCc1ccc(SC)c(Cl)c1)CC2. The van der Waals surface area contributed by atoms with E-state index in [-0.39, 0.29) is 5.41 Å². The Kier molecular flexibility index (Phi) is 5.98. The van der Waals surface area contributed by atoms with Crippen LogP contribution in [0.25, 0.3) is 0 Å². The highest BCUT2D eigenvalue weighted by molar-refractivity contribution is 7.98. The molecule has 0 aliphatic carbocycles. The Morgan fingerprint density at radius 2 is 1.93 bits per heavy atom. The normalized spacial score (nSPS) is 18.3. The van der Waals surface area contributed by atoms with Gasteiger partial charge < -0.3 is 10.2 Å². The Labute approximate surface area is 182 Å². The molecule has 0 radical (unpaired) electrons. The summed E-state index contributed by atoms with van der Waals surface area (Å²) in [6.45, 7) is 7.66. The van der Waals surface area contributed by atoms with Gasteiger partial charge in [-0.25, -0.2) is 0 Å². The molecule has 0 unspecified atom stereocenters. The number of nitrogens with zero attached hydrogens (tertiary/aromatic N) is 1. The van der Waals surface area contributed by atoms with Crippen LogP contribution in [0.4, 0.5) is 5.69 Å². The highest BCUT2D eigenvalue weighted by Crippen LogP contribution is 2.50. The summed E-state index contributed by atoms with van der Waals surface area (Å²) in [5.41, 5.74) is 5.00. The molecule has 1 N–H and O–H groups in total. The lowest BCUT2D eigenvalue weighted by Gasteiger charge is -2.40. The Bertz CT molecular complexity index is 888. The molecule has 0 atom stereocenters. The number of anilines is 1. The summed E-state index contributed by atoms with van der Waals surface area (Å²) in [5.74, 6) is 0. The molecule has 5 heteroatoms. The van der Waals surface area contributed by atoms with Crippen LogP contribution in [0.3, 0.4) is 0 Å². The molecule has 4 rings (SSSR count). The van der Waals surface area contributed by atoms with E-state index in [9.17, 15) is 0 Å². The van der Waals surface area contributed by atoms with Crippen LogP contribution >= 0.6 is 35.0 Å². The van der Waals surface area contributed by atoms with Gasteiger partial charge in [0.25, 0.3) is 0 Å². The van der Waals surface area contributed by atoms with E-state index in [1.807, 2.05) is 6.07 Å². The molecule has 1 fully saturated rings. The molecule has 28 heavy (non-hydrogen) atoms. The number of aryl methyl sites for hydroxylation is 1. The van der Waals surface area contributed by atoms with Crippen molar-refractivity contribution in [2.75, 3.05) is 31.2 Å². The third-order valence-corrected chi connectivity index (χ3v) is 7.68. The lowest BCUT2D eigenvalue weighted by molar-refractivity contribution is 0.179. The molecule has 2 nitrogen and oxygen atoms in total. The van der Waals surface area contributed by atoms with E-state index in [1.54, 1.807) is 11.8 Å². The zero-order valence-electron chi connectivity index (χ0n) is 16.2. The molecule has 1 spiro atoms. The van der Waals surface area contributed by atoms with Gasteiger partial charge in [-0.3, -0.25) is 0 Å². The van der Waals surface area contributed by atoms with Gasteiger partial charge in [-0.2, -0.15) is 0 Å². The van der Waals surface area contributed by atoms with Crippen LogP contribution in [-0.2, 0) is 11.8 Å². The molecule has 0 amide bonds. The number of nitrogens with one attached hydrogen (secondary N) is 1.